The Morgan fingerprint density at radius 3 is 2.74 bits per heavy atom. The molecule has 0 radical (unpaired) electrons. The average Bonchev–Trinajstić information content (AvgIpc) is 3.01. The molecule has 0 aliphatic carbocycles. The standard InChI is InChI=1S/C20H26N4O2S/c1-4-5-6-7-11-24-16-17(23(3)19(26)22-18(16)25)21-20(24)27-13-15-10-8-9-14(2)12-15/h8-10,12H,4-7,11,13H2,1-3H3,(H,22,25,26). The summed E-state index contributed by atoms with van der Waals surface area (Å²) in [5.74, 6) is 0.770. The highest BCUT2D eigenvalue weighted by Crippen LogP contribution is 2.26. The molecule has 0 saturated carbocycles. The zero-order valence-electron chi connectivity index (χ0n) is 16.1. The first-order chi connectivity index (χ1) is 13.0. The van der Waals surface area contributed by atoms with E-state index in [4.69, 9.17) is 0 Å². The largest absolute Gasteiger partial charge is 0.329 e. The van der Waals surface area contributed by atoms with Gasteiger partial charge in [0.15, 0.2) is 16.3 Å². The molecule has 0 fully saturated rings. The van der Waals surface area contributed by atoms with Gasteiger partial charge < -0.3 is 4.57 Å². The van der Waals surface area contributed by atoms with Crippen molar-refractivity contribution in [3.05, 3.63) is 56.2 Å². The fourth-order valence-electron chi connectivity index (χ4n) is 3.18. The number of H-pyrrole nitrogens is 1. The molecule has 2 aromatic heterocycles. The van der Waals surface area contributed by atoms with Gasteiger partial charge in [-0.25, -0.2) is 9.78 Å². The maximum atomic E-state index is 12.5. The Hall–Kier alpha value is -2.28. The summed E-state index contributed by atoms with van der Waals surface area (Å²) in [6.45, 7) is 4.98. The third kappa shape index (κ3) is 4.35. The summed E-state index contributed by atoms with van der Waals surface area (Å²) in [5.41, 5.74) is 2.58. The molecular weight excluding hydrogens is 360 g/mol. The highest BCUT2D eigenvalue weighted by Gasteiger charge is 2.17. The summed E-state index contributed by atoms with van der Waals surface area (Å²) < 4.78 is 3.39. The van der Waals surface area contributed by atoms with Gasteiger partial charge in [0.25, 0.3) is 5.56 Å². The first kappa shape index (κ1) is 19.5. The van der Waals surface area contributed by atoms with Crippen molar-refractivity contribution in [1.29, 1.82) is 0 Å². The average molecular weight is 387 g/mol. The molecule has 0 aliphatic rings. The Kier molecular flexibility index (Phi) is 6.21. The smallest absolute Gasteiger partial charge is 0.313 e. The van der Waals surface area contributed by atoms with E-state index < -0.39 is 5.69 Å². The van der Waals surface area contributed by atoms with E-state index in [9.17, 15) is 9.59 Å². The van der Waals surface area contributed by atoms with Crippen LogP contribution in [0, 0.1) is 6.92 Å². The number of nitrogens with one attached hydrogen (secondary N) is 1. The van der Waals surface area contributed by atoms with Gasteiger partial charge in [-0.15, -0.1) is 0 Å². The molecule has 27 heavy (non-hydrogen) atoms. The first-order valence-electron chi connectivity index (χ1n) is 9.39. The minimum atomic E-state index is -0.432. The molecule has 1 aromatic carbocycles. The Bertz CT molecular complexity index is 1050. The van der Waals surface area contributed by atoms with Crippen LogP contribution >= 0.6 is 11.8 Å². The Balaban J connectivity index is 1.96. The van der Waals surface area contributed by atoms with Gasteiger partial charge in [0.05, 0.1) is 0 Å². The summed E-state index contributed by atoms with van der Waals surface area (Å²) in [5, 5.41) is 0.787. The second-order valence-electron chi connectivity index (χ2n) is 6.87. The Labute approximate surface area is 162 Å². The third-order valence-electron chi connectivity index (χ3n) is 4.66. The van der Waals surface area contributed by atoms with E-state index in [2.05, 4.69) is 42.0 Å². The van der Waals surface area contributed by atoms with E-state index in [1.54, 1.807) is 18.8 Å². The Morgan fingerprint density at radius 1 is 1.19 bits per heavy atom. The van der Waals surface area contributed by atoms with Crippen LogP contribution in [0.2, 0.25) is 0 Å². The van der Waals surface area contributed by atoms with Crippen molar-refractivity contribution in [1.82, 2.24) is 19.1 Å². The molecule has 0 unspecified atom stereocenters. The highest BCUT2D eigenvalue weighted by molar-refractivity contribution is 7.98. The Morgan fingerprint density at radius 2 is 2.00 bits per heavy atom. The van der Waals surface area contributed by atoms with Gasteiger partial charge >= 0.3 is 5.69 Å². The predicted molar refractivity (Wildman–Crippen MR) is 110 cm³/mol. The monoisotopic (exact) mass is 386 g/mol. The molecule has 0 atom stereocenters. The number of benzene rings is 1. The van der Waals surface area contributed by atoms with Crippen molar-refractivity contribution < 1.29 is 0 Å². The van der Waals surface area contributed by atoms with Crippen LogP contribution in [0.3, 0.4) is 0 Å². The van der Waals surface area contributed by atoms with Gasteiger partial charge in [0, 0.05) is 19.3 Å². The number of aromatic nitrogens is 4. The number of rotatable bonds is 8. The van der Waals surface area contributed by atoms with Crippen LogP contribution in [-0.4, -0.2) is 19.1 Å². The lowest BCUT2D eigenvalue weighted by Crippen LogP contribution is -2.29. The fourth-order valence-corrected chi connectivity index (χ4v) is 4.14. The van der Waals surface area contributed by atoms with Gasteiger partial charge in [0.2, 0.25) is 0 Å². The number of nitrogens with zero attached hydrogens (tertiary/aromatic N) is 3. The van der Waals surface area contributed by atoms with Crippen LogP contribution in [0.4, 0.5) is 0 Å². The van der Waals surface area contributed by atoms with Gasteiger partial charge in [0.1, 0.15) is 0 Å². The first-order valence-corrected chi connectivity index (χ1v) is 10.4. The number of thioether (sulfide) groups is 1. The van der Waals surface area contributed by atoms with E-state index in [-0.39, 0.29) is 5.56 Å². The van der Waals surface area contributed by atoms with Crippen molar-refractivity contribution in [3.8, 4) is 0 Å². The summed E-state index contributed by atoms with van der Waals surface area (Å²) in [4.78, 5) is 31.4. The van der Waals surface area contributed by atoms with Crippen LogP contribution in [0.15, 0.2) is 39.0 Å². The van der Waals surface area contributed by atoms with E-state index in [1.807, 2.05) is 10.6 Å². The molecule has 0 aliphatic heterocycles. The lowest BCUT2D eigenvalue weighted by Gasteiger charge is -2.08. The molecule has 144 valence electrons. The minimum Gasteiger partial charge on any atom is -0.313 e. The van der Waals surface area contributed by atoms with Crippen LogP contribution in [-0.2, 0) is 19.3 Å². The normalized spacial score (nSPS) is 11.4. The number of hydrogen-bond acceptors (Lipinski definition) is 4. The fraction of sp³-hybridized carbons (Fsp3) is 0.450. The molecule has 3 rings (SSSR count). The van der Waals surface area contributed by atoms with Gasteiger partial charge in [-0.3, -0.25) is 14.3 Å². The molecule has 0 saturated heterocycles. The summed E-state index contributed by atoms with van der Waals surface area (Å²) >= 11 is 1.61. The van der Waals surface area contributed by atoms with Crippen LogP contribution in [0.1, 0.15) is 43.7 Å². The number of aromatic amines is 1. The molecule has 0 amide bonds. The van der Waals surface area contributed by atoms with Crippen molar-refractivity contribution >= 4 is 22.9 Å². The minimum absolute atomic E-state index is 0.363. The van der Waals surface area contributed by atoms with Crippen molar-refractivity contribution in [2.24, 2.45) is 7.05 Å². The zero-order valence-corrected chi connectivity index (χ0v) is 16.9. The SMILES string of the molecule is CCCCCCn1c(SCc2cccc(C)c2)nc2c1c(=O)[nH]c(=O)n2C. The van der Waals surface area contributed by atoms with Crippen LogP contribution in [0.25, 0.3) is 11.2 Å². The quantitative estimate of drug-likeness (QED) is 0.474. The molecule has 0 bridgehead atoms. The molecule has 0 spiro atoms. The summed E-state index contributed by atoms with van der Waals surface area (Å²) in [7, 11) is 1.64. The summed E-state index contributed by atoms with van der Waals surface area (Å²) in [6, 6.07) is 8.38. The van der Waals surface area contributed by atoms with E-state index in [0.29, 0.717) is 11.2 Å². The lowest BCUT2D eigenvalue weighted by molar-refractivity contribution is 0.562. The van der Waals surface area contributed by atoms with Crippen molar-refractivity contribution in [2.45, 2.75) is 57.0 Å². The highest BCUT2D eigenvalue weighted by atomic mass is 32.2. The topological polar surface area (TPSA) is 72.7 Å². The number of hydrogen-bond donors (Lipinski definition) is 1. The molecule has 7 heteroatoms. The third-order valence-corrected chi connectivity index (χ3v) is 5.71. The van der Waals surface area contributed by atoms with Gasteiger partial charge in [-0.2, -0.15) is 0 Å². The molecule has 3 aromatic rings. The molecular formula is C20H26N4O2S. The number of unbranched alkanes of at least 4 members (excludes halogenated alkanes) is 3. The maximum absolute atomic E-state index is 12.5. The number of fused-ring (bicyclic) bond motifs is 1. The van der Waals surface area contributed by atoms with Crippen LogP contribution < -0.4 is 11.2 Å². The predicted octanol–water partition coefficient (Wildman–Crippen LogP) is 3.60. The zero-order chi connectivity index (χ0) is 19.4. The van der Waals surface area contributed by atoms with Gasteiger partial charge in [-0.05, 0) is 18.9 Å². The van der Waals surface area contributed by atoms with E-state index >= 15 is 0 Å². The van der Waals surface area contributed by atoms with E-state index in [1.165, 1.54) is 22.1 Å². The molecule has 1 N–H and O–H groups in total. The number of imidazole rings is 1. The second kappa shape index (κ2) is 8.61. The van der Waals surface area contributed by atoms with E-state index in [0.717, 1.165) is 36.7 Å². The van der Waals surface area contributed by atoms with Crippen molar-refractivity contribution in [3.63, 3.8) is 0 Å². The number of aryl methyl sites for hydroxylation is 3. The van der Waals surface area contributed by atoms with Gasteiger partial charge in [-0.1, -0.05) is 67.8 Å². The van der Waals surface area contributed by atoms with Crippen molar-refractivity contribution in [2.75, 3.05) is 0 Å². The maximum Gasteiger partial charge on any atom is 0.329 e. The lowest BCUT2D eigenvalue weighted by atomic mass is 10.2. The molecule has 6 nitrogen and oxygen atoms in total. The van der Waals surface area contributed by atoms with Crippen LogP contribution in [0.5, 0.6) is 0 Å². The molecule has 2 heterocycles. The summed E-state index contributed by atoms with van der Waals surface area (Å²) in [6.07, 6.45) is 4.43. The second-order valence-corrected chi connectivity index (χ2v) is 7.82.